The van der Waals surface area contributed by atoms with E-state index in [1.165, 1.54) is 11.1 Å². The Bertz CT molecular complexity index is 485. The van der Waals surface area contributed by atoms with Crippen molar-refractivity contribution < 1.29 is 9.53 Å². The zero-order valence-corrected chi connectivity index (χ0v) is 10.7. The quantitative estimate of drug-likeness (QED) is 0.811. The van der Waals surface area contributed by atoms with E-state index in [9.17, 15) is 4.79 Å². The third-order valence-corrected chi connectivity index (χ3v) is 4.40. The molecule has 3 nitrogen and oxygen atoms in total. The Balaban J connectivity index is 1.96. The summed E-state index contributed by atoms with van der Waals surface area (Å²) < 4.78 is 5.15. The maximum absolute atomic E-state index is 12.1. The normalized spacial score (nSPS) is 33.0. The zero-order valence-electron chi connectivity index (χ0n) is 10.7. The van der Waals surface area contributed by atoms with E-state index >= 15 is 0 Å². The highest BCUT2D eigenvalue weighted by Gasteiger charge is 2.68. The number of carbonyl (C=O) groups excluding carboxylic acids is 1. The van der Waals surface area contributed by atoms with Gasteiger partial charge < -0.3 is 10.5 Å². The number of nitrogens with two attached hydrogens (primary N) is 1. The van der Waals surface area contributed by atoms with E-state index in [1.54, 1.807) is 0 Å². The Morgan fingerprint density at radius 1 is 1.50 bits per heavy atom. The molecule has 0 aliphatic heterocycles. The van der Waals surface area contributed by atoms with E-state index in [4.69, 9.17) is 10.5 Å². The molecule has 96 valence electrons. The number of fused-ring (bicyclic) bond motifs is 3. The molecular formula is C15H19NO2. The molecule has 3 rings (SSSR count). The highest BCUT2D eigenvalue weighted by atomic mass is 16.5. The summed E-state index contributed by atoms with van der Waals surface area (Å²) in [7, 11) is 0. The first-order valence-corrected chi connectivity index (χ1v) is 6.73. The van der Waals surface area contributed by atoms with Crippen LogP contribution in [0.25, 0.3) is 0 Å². The van der Waals surface area contributed by atoms with Crippen LogP contribution in [0.4, 0.5) is 0 Å². The molecule has 1 saturated carbocycles. The van der Waals surface area contributed by atoms with E-state index in [2.05, 4.69) is 18.2 Å². The molecule has 18 heavy (non-hydrogen) atoms. The largest absolute Gasteiger partial charge is 0.465 e. The Morgan fingerprint density at radius 3 is 3.06 bits per heavy atom. The second kappa shape index (κ2) is 4.09. The van der Waals surface area contributed by atoms with Crippen molar-refractivity contribution in [1.82, 2.24) is 0 Å². The van der Waals surface area contributed by atoms with E-state index < -0.39 is 5.54 Å². The number of aryl methyl sites for hydroxylation is 1. The van der Waals surface area contributed by atoms with Gasteiger partial charge in [0, 0.05) is 5.92 Å². The Morgan fingerprint density at radius 2 is 2.28 bits per heavy atom. The van der Waals surface area contributed by atoms with Crippen molar-refractivity contribution in [2.45, 2.75) is 37.6 Å². The van der Waals surface area contributed by atoms with Gasteiger partial charge in [0.05, 0.1) is 6.61 Å². The summed E-state index contributed by atoms with van der Waals surface area (Å²) in [5.74, 6) is 0.201. The van der Waals surface area contributed by atoms with Crippen LogP contribution in [-0.4, -0.2) is 18.1 Å². The van der Waals surface area contributed by atoms with Crippen molar-refractivity contribution in [3.63, 3.8) is 0 Å². The van der Waals surface area contributed by atoms with Gasteiger partial charge in [0.2, 0.25) is 0 Å². The van der Waals surface area contributed by atoms with Crippen LogP contribution in [0, 0.1) is 5.92 Å². The van der Waals surface area contributed by atoms with Crippen LogP contribution < -0.4 is 5.73 Å². The molecule has 0 bridgehead atoms. The summed E-state index contributed by atoms with van der Waals surface area (Å²) in [6, 6.07) is 8.36. The number of esters is 1. The molecular weight excluding hydrogens is 226 g/mol. The highest BCUT2D eigenvalue weighted by molar-refractivity contribution is 5.88. The van der Waals surface area contributed by atoms with Gasteiger partial charge in [0.1, 0.15) is 5.54 Å². The summed E-state index contributed by atoms with van der Waals surface area (Å²) in [5.41, 5.74) is 8.17. The lowest BCUT2D eigenvalue weighted by molar-refractivity contribution is -0.146. The van der Waals surface area contributed by atoms with E-state index in [0.717, 1.165) is 19.3 Å². The predicted molar refractivity (Wildman–Crippen MR) is 69.2 cm³/mol. The van der Waals surface area contributed by atoms with E-state index in [-0.39, 0.29) is 17.8 Å². The minimum Gasteiger partial charge on any atom is -0.465 e. The topological polar surface area (TPSA) is 52.3 Å². The lowest BCUT2D eigenvalue weighted by Crippen LogP contribution is -2.39. The minimum atomic E-state index is -0.771. The van der Waals surface area contributed by atoms with Crippen LogP contribution in [0.5, 0.6) is 0 Å². The molecule has 0 heterocycles. The van der Waals surface area contributed by atoms with Crippen LogP contribution >= 0.6 is 0 Å². The third kappa shape index (κ3) is 1.50. The minimum absolute atomic E-state index is 0.162. The SMILES string of the molecule is CCOC(=O)[C@]1(N)[C@@H]2c3ccccc3CCC[C@@H]21. The average Bonchev–Trinajstić information content (AvgIpc) is 3.02. The zero-order chi connectivity index (χ0) is 12.8. The van der Waals surface area contributed by atoms with Gasteiger partial charge in [-0.25, -0.2) is 0 Å². The molecule has 2 N–H and O–H groups in total. The van der Waals surface area contributed by atoms with E-state index in [1.807, 2.05) is 13.0 Å². The molecule has 0 aromatic heterocycles. The van der Waals surface area contributed by atoms with Gasteiger partial charge in [-0.15, -0.1) is 0 Å². The summed E-state index contributed by atoms with van der Waals surface area (Å²) in [6.45, 7) is 2.23. The van der Waals surface area contributed by atoms with Crippen molar-refractivity contribution in [2.24, 2.45) is 11.7 Å². The lowest BCUT2D eigenvalue weighted by atomic mass is 9.97. The molecule has 2 aliphatic rings. The molecule has 0 unspecified atom stereocenters. The first kappa shape index (κ1) is 11.7. The first-order valence-electron chi connectivity index (χ1n) is 6.73. The second-order valence-electron chi connectivity index (χ2n) is 5.33. The molecule has 0 radical (unpaired) electrons. The second-order valence-corrected chi connectivity index (χ2v) is 5.33. The number of hydrogen-bond donors (Lipinski definition) is 1. The van der Waals surface area contributed by atoms with Gasteiger partial charge in [-0.2, -0.15) is 0 Å². The van der Waals surface area contributed by atoms with Crippen molar-refractivity contribution in [2.75, 3.05) is 6.61 Å². The number of benzene rings is 1. The van der Waals surface area contributed by atoms with E-state index in [0.29, 0.717) is 6.61 Å². The number of carbonyl (C=O) groups is 1. The fourth-order valence-corrected chi connectivity index (χ4v) is 3.47. The molecule has 0 spiro atoms. The lowest BCUT2D eigenvalue weighted by Gasteiger charge is -2.14. The molecule has 0 amide bonds. The van der Waals surface area contributed by atoms with Gasteiger partial charge >= 0.3 is 5.97 Å². The van der Waals surface area contributed by atoms with Crippen molar-refractivity contribution in [3.8, 4) is 0 Å². The highest BCUT2D eigenvalue weighted by Crippen LogP contribution is 2.60. The third-order valence-electron chi connectivity index (χ3n) is 4.40. The molecule has 1 fully saturated rings. The monoisotopic (exact) mass is 245 g/mol. The average molecular weight is 245 g/mol. The summed E-state index contributed by atoms with van der Waals surface area (Å²) in [5, 5.41) is 0. The molecule has 3 atom stereocenters. The number of hydrogen-bond acceptors (Lipinski definition) is 3. The van der Waals surface area contributed by atoms with Gasteiger partial charge in [-0.3, -0.25) is 4.79 Å². The van der Waals surface area contributed by atoms with Crippen molar-refractivity contribution >= 4 is 5.97 Å². The maximum Gasteiger partial charge on any atom is 0.327 e. The summed E-state index contributed by atoms with van der Waals surface area (Å²) >= 11 is 0. The number of ether oxygens (including phenoxy) is 1. The maximum atomic E-state index is 12.1. The smallest absolute Gasteiger partial charge is 0.327 e. The molecule has 3 heteroatoms. The van der Waals surface area contributed by atoms with Crippen LogP contribution in [0.1, 0.15) is 36.8 Å². The molecule has 1 aromatic carbocycles. The van der Waals surface area contributed by atoms with Crippen molar-refractivity contribution in [3.05, 3.63) is 35.4 Å². The van der Waals surface area contributed by atoms with Gasteiger partial charge in [0.25, 0.3) is 0 Å². The standard InChI is InChI=1S/C15H19NO2/c1-2-18-14(17)15(16)12-9-5-7-10-6-3-4-8-11(10)13(12)15/h3-4,6,8,12-13H,2,5,7,9,16H2,1H3/t12-,13+,15+/m0/s1. The fourth-order valence-electron chi connectivity index (χ4n) is 3.47. The Kier molecular flexibility index (Phi) is 2.67. The Hall–Kier alpha value is -1.35. The van der Waals surface area contributed by atoms with Crippen LogP contribution in [-0.2, 0) is 16.0 Å². The van der Waals surface area contributed by atoms with Gasteiger partial charge in [-0.1, -0.05) is 24.3 Å². The summed E-state index contributed by atoms with van der Waals surface area (Å²) in [4.78, 5) is 12.1. The molecule has 2 aliphatic carbocycles. The number of rotatable bonds is 2. The van der Waals surface area contributed by atoms with Crippen LogP contribution in [0.3, 0.4) is 0 Å². The van der Waals surface area contributed by atoms with Gasteiger partial charge in [-0.05, 0) is 43.2 Å². The molecule has 0 saturated heterocycles. The van der Waals surface area contributed by atoms with Crippen LogP contribution in [0.2, 0.25) is 0 Å². The first-order chi connectivity index (χ1) is 8.69. The van der Waals surface area contributed by atoms with Crippen LogP contribution in [0.15, 0.2) is 24.3 Å². The summed E-state index contributed by atoms with van der Waals surface area (Å²) in [6.07, 6.45) is 3.23. The van der Waals surface area contributed by atoms with Gasteiger partial charge in [0.15, 0.2) is 0 Å². The fraction of sp³-hybridized carbons (Fsp3) is 0.533. The molecule has 1 aromatic rings. The predicted octanol–water partition coefficient (Wildman–Crippen LogP) is 2.00. The Labute approximate surface area is 107 Å². The van der Waals surface area contributed by atoms with Crippen molar-refractivity contribution in [1.29, 1.82) is 0 Å².